The average Bonchev–Trinajstić information content (AvgIpc) is 2.17. The van der Waals surface area contributed by atoms with Gasteiger partial charge in [0, 0.05) is 5.33 Å². The van der Waals surface area contributed by atoms with Gasteiger partial charge < -0.3 is 5.11 Å². The lowest BCUT2D eigenvalue weighted by Crippen LogP contribution is -2.02. The molecule has 1 N–H and O–H groups in total. The van der Waals surface area contributed by atoms with Crippen LogP contribution in [0.5, 0.6) is 0 Å². The van der Waals surface area contributed by atoms with Crippen LogP contribution in [0.4, 0.5) is 0 Å². The molecule has 0 bridgehead atoms. The number of hydrogen-bond acceptors (Lipinski definition) is 2. The van der Waals surface area contributed by atoms with Gasteiger partial charge in [-0.15, -0.1) is 0 Å². The number of benzene rings is 1. The van der Waals surface area contributed by atoms with Crippen LogP contribution in [0.15, 0.2) is 12.1 Å². The number of halogens is 2. The molecule has 1 rings (SSSR count). The van der Waals surface area contributed by atoms with Gasteiger partial charge in [0.05, 0.1) is 16.1 Å². The number of rotatable bonds is 2. The van der Waals surface area contributed by atoms with Crippen LogP contribution < -0.4 is 0 Å². The van der Waals surface area contributed by atoms with E-state index in [-0.39, 0.29) is 16.1 Å². The fraction of sp³-hybridized carbons (Fsp3) is 0.111. The second-order valence-corrected chi connectivity index (χ2v) is 3.51. The van der Waals surface area contributed by atoms with Crippen LogP contribution in [0.2, 0.25) is 5.02 Å². The SMILES string of the molecule is N#Cc1cc(CBr)c(C(=O)O)cc1Cl. The maximum atomic E-state index is 10.8. The van der Waals surface area contributed by atoms with Gasteiger partial charge in [0.2, 0.25) is 0 Å². The molecule has 1 aromatic rings. The van der Waals surface area contributed by atoms with E-state index in [2.05, 4.69) is 15.9 Å². The number of alkyl halides is 1. The zero-order valence-electron chi connectivity index (χ0n) is 6.92. The first-order valence-electron chi connectivity index (χ1n) is 3.62. The van der Waals surface area contributed by atoms with E-state index in [0.29, 0.717) is 10.9 Å². The van der Waals surface area contributed by atoms with Crippen molar-refractivity contribution in [3.8, 4) is 6.07 Å². The molecule has 72 valence electrons. The number of hydrogen-bond donors (Lipinski definition) is 1. The largest absolute Gasteiger partial charge is 0.478 e. The van der Waals surface area contributed by atoms with Crippen LogP contribution in [0.25, 0.3) is 0 Å². The Morgan fingerprint density at radius 2 is 2.29 bits per heavy atom. The van der Waals surface area contributed by atoms with E-state index in [1.807, 2.05) is 6.07 Å². The molecular formula is C9H5BrClNO2. The molecule has 0 aliphatic rings. The Kier molecular flexibility index (Phi) is 3.50. The smallest absolute Gasteiger partial charge is 0.336 e. The maximum Gasteiger partial charge on any atom is 0.336 e. The normalized spacial score (nSPS) is 9.50. The lowest BCUT2D eigenvalue weighted by molar-refractivity contribution is 0.0696. The Morgan fingerprint density at radius 3 is 2.71 bits per heavy atom. The van der Waals surface area contributed by atoms with Crippen LogP contribution >= 0.6 is 27.5 Å². The quantitative estimate of drug-likeness (QED) is 0.844. The number of carboxylic acid groups (broad SMARTS) is 1. The lowest BCUT2D eigenvalue weighted by atomic mass is 10.1. The standard InChI is InChI=1S/C9H5BrClNO2/c10-3-5-1-6(4-12)8(11)2-7(5)9(13)14/h1-2H,3H2,(H,13,14). The topological polar surface area (TPSA) is 61.1 Å². The van der Waals surface area contributed by atoms with E-state index in [0.717, 1.165) is 0 Å². The van der Waals surface area contributed by atoms with E-state index in [1.54, 1.807) is 0 Å². The molecule has 5 heteroatoms. The summed E-state index contributed by atoms with van der Waals surface area (Å²) in [7, 11) is 0. The third-order valence-electron chi connectivity index (χ3n) is 1.69. The number of carboxylic acids is 1. The Morgan fingerprint density at radius 1 is 1.64 bits per heavy atom. The number of nitrogens with zero attached hydrogens (tertiary/aromatic N) is 1. The fourth-order valence-electron chi connectivity index (χ4n) is 1.01. The van der Waals surface area contributed by atoms with E-state index in [1.165, 1.54) is 12.1 Å². The van der Waals surface area contributed by atoms with Crippen molar-refractivity contribution in [2.45, 2.75) is 5.33 Å². The molecule has 0 spiro atoms. The summed E-state index contributed by atoms with van der Waals surface area (Å²) in [5.74, 6) is -1.05. The minimum atomic E-state index is -1.05. The molecule has 14 heavy (non-hydrogen) atoms. The first kappa shape index (κ1) is 11.0. The first-order chi connectivity index (χ1) is 6.60. The molecule has 0 saturated heterocycles. The molecule has 0 radical (unpaired) electrons. The Balaban J connectivity index is 3.41. The summed E-state index contributed by atoms with van der Waals surface area (Å²) in [6, 6.07) is 4.65. The van der Waals surface area contributed by atoms with Gasteiger partial charge in [-0.2, -0.15) is 5.26 Å². The molecule has 0 fully saturated rings. The predicted octanol–water partition coefficient (Wildman–Crippen LogP) is 2.80. The molecule has 0 amide bonds. The number of aromatic carboxylic acids is 1. The summed E-state index contributed by atoms with van der Waals surface area (Å²) >= 11 is 8.85. The van der Waals surface area contributed by atoms with E-state index in [4.69, 9.17) is 22.0 Å². The molecule has 0 saturated carbocycles. The van der Waals surface area contributed by atoms with Crippen LogP contribution in [0.3, 0.4) is 0 Å². The predicted molar refractivity (Wildman–Crippen MR) is 55.8 cm³/mol. The van der Waals surface area contributed by atoms with Crippen LogP contribution in [-0.2, 0) is 5.33 Å². The minimum Gasteiger partial charge on any atom is -0.478 e. The highest BCUT2D eigenvalue weighted by molar-refractivity contribution is 9.08. The van der Waals surface area contributed by atoms with Gasteiger partial charge in [0.15, 0.2) is 0 Å². The summed E-state index contributed by atoms with van der Waals surface area (Å²) in [5.41, 5.74) is 0.940. The Labute approximate surface area is 94.0 Å². The van der Waals surface area contributed by atoms with Crippen molar-refractivity contribution in [1.82, 2.24) is 0 Å². The van der Waals surface area contributed by atoms with Crippen molar-refractivity contribution in [2.75, 3.05) is 0 Å². The summed E-state index contributed by atoms with van der Waals surface area (Å²) in [6.07, 6.45) is 0. The Bertz CT molecular complexity index is 426. The van der Waals surface area contributed by atoms with Crippen molar-refractivity contribution < 1.29 is 9.90 Å². The van der Waals surface area contributed by atoms with Crippen molar-refractivity contribution in [2.24, 2.45) is 0 Å². The summed E-state index contributed by atoms with van der Waals surface area (Å²) in [4.78, 5) is 10.8. The maximum absolute atomic E-state index is 10.8. The monoisotopic (exact) mass is 273 g/mol. The molecule has 0 aliphatic heterocycles. The molecule has 0 aliphatic carbocycles. The fourth-order valence-corrected chi connectivity index (χ4v) is 1.68. The van der Waals surface area contributed by atoms with Gasteiger partial charge in [-0.05, 0) is 17.7 Å². The molecule has 1 aromatic carbocycles. The third kappa shape index (κ3) is 2.06. The van der Waals surface area contributed by atoms with Gasteiger partial charge in [-0.1, -0.05) is 27.5 Å². The third-order valence-corrected chi connectivity index (χ3v) is 2.60. The molecule has 0 atom stereocenters. The molecule has 0 aromatic heterocycles. The highest BCUT2D eigenvalue weighted by atomic mass is 79.9. The molecule has 0 heterocycles. The highest BCUT2D eigenvalue weighted by Crippen LogP contribution is 2.22. The zero-order chi connectivity index (χ0) is 10.7. The molecule has 3 nitrogen and oxygen atoms in total. The van der Waals surface area contributed by atoms with Crippen LogP contribution in [-0.4, -0.2) is 11.1 Å². The molecular weight excluding hydrogens is 269 g/mol. The highest BCUT2D eigenvalue weighted by Gasteiger charge is 2.12. The average molecular weight is 275 g/mol. The second kappa shape index (κ2) is 4.45. The van der Waals surface area contributed by atoms with Gasteiger partial charge in [-0.25, -0.2) is 4.79 Å². The molecule has 0 unspecified atom stereocenters. The van der Waals surface area contributed by atoms with Gasteiger partial charge in [0.25, 0.3) is 0 Å². The minimum absolute atomic E-state index is 0.117. The second-order valence-electron chi connectivity index (χ2n) is 2.54. The van der Waals surface area contributed by atoms with E-state index < -0.39 is 5.97 Å². The van der Waals surface area contributed by atoms with Crippen LogP contribution in [0.1, 0.15) is 21.5 Å². The van der Waals surface area contributed by atoms with Crippen molar-refractivity contribution >= 4 is 33.5 Å². The van der Waals surface area contributed by atoms with Gasteiger partial charge in [-0.3, -0.25) is 0 Å². The number of nitriles is 1. The first-order valence-corrected chi connectivity index (χ1v) is 5.12. The van der Waals surface area contributed by atoms with E-state index >= 15 is 0 Å². The summed E-state index contributed by atoms with van der Waals surface area (Å²) < 4.78 is 0. The van der Waals surface area contributed by atoms with Crippen molar-refractivity contribution in [3.05, 3.63) is 33.8 Å². The van der Waals surface area contributed by atoms with Crippen LogP contribution in [0, 0.1) is 11.3 Å². The summed E-state index contributed by atoms with van der Waals surface area (Å²) in [6.45, 7) is 0. The Hall–Kier alpha value is -1.05. The van der Waals surface area contributed by atoms with Gasteiger partial charge in [0.1, 0.15) is 6.07 Å². The van der Waals surface area contributed by atoms with Gasteiger partial charge >= 0.3 is 5.97 Å². The zero-order valence-corrected chi connectivity index (χ0v) is 9.26. The summed E-state index contributed by atoms with van der Waals surface area (Å²) in [5, 5.41) is 18.0. The number of carbonyl (C=O) groups is 1. The van der Waals surface area contributed by atoms with Crippen molar-refractivity contribution in [1.29, 1.82) is 5.26 Å². The lowest BCUT2D eigenvalue weighted by Gasteiger charge is -2.04. The van der Waals surface area contributed by atoms with E-state index in [9.17, 15) is 4.79 Å². The van der Waals surface area contributed by atoms with Crippen molar-refractivity contribution in [3.63, 3.8) is 0 Å².